The molecule has 2 N–H and O–H groups in total. The lowest BCUT2D eigenvalue weighted by Gasteiger charge is -2.15. The first-order chi connectivity index (χ1) is 10.2. The molecule has 1 amide bonds. The normalized spacial score (nSPS) is 20.7. The van der Waals surface area contributed by atoms with Crippen LogP contribution in [0.15, 0.2) is 42.7 Å². The molecule has 2 aromatic rings. The highest BCUT2D eigenvalue weighted by molar-refractivity contribution is 5.94. The summed E-state index contributed by atoms with van der Waals surface area (Å²) in [5.74, 6) is 0.222. The van der Waals surface area contributed by atoms with Crippen LogP contribution < -0.4 is 5.73 Å². The van der Waals surface area contributed by atoms with E-state index in [4.69, 9.17) is 5.73 Å². The van der Waals surface area contributed by atoms with Gasteiger partial charge in [-0.3, -0.25) is 9.48 Å². The van der Waals surface area contributed by atoms with Crippen molar-refractivity contribution in [2.45, 2.75) is 25.4 Å². The number of hydrogen-bond donors (Lipinski definition) is 1. The Labute approximate surface area is 136 Å². The second kappa shape index (κ2) is 6.94. The molecule has 0 saturated carbocycles. The van der Waals surface area contributed by atoms with Gasteiger partial charge in [0.25, 0.3) is 5.91 Å². The average molecular weight is 321 g/mol. The van der Waals surface area contributed by atoms with Crippen LogP contribution in [0, 0.1) is 0 Å². The molecule has 2 heterocycles. The molecule has 1 aromatic heterocycles. The summed E-state index contributed by atoms with van der Waals surface area (Å²) in [4.78, 5) is 14.3. The van der Waals surface area contributed by atoms with Gasteiger partial charge in [-0.25, -0.2) is 0 Å². The summed E-state index contributed by atoms with van der Waals surface area (Å²) in [6.07, 6.45) is 3.43. The minimum absolute atomic E-state index is 0. The number of amides is 1. The number of carbonyl (C=O) groups excluding carboxylic acids is 1. The second-order valence-electron chi connectivity index (χ2n) is 5.48. The van der Waals surface area contributed by atoms with Crippen molar-refractivity contribution in [3.8, 4) is 0 Å². The molecule has 0 aliphatic carbocycles. The number of carbonyl (C=O) groups is 1. The largest absolute Gasteiger partial charge is 0.336 e. The van der Waals surface area contributed by atoms with Crippen LogP contribution in [0.4, 0.5) is 0 Å². The van der Waals surface area contributed by atoms with Crippen molar-refractivity contribution in [1.82, 2.24) is 14.7 Å². The first kappa shape index (κ1) is 16.5. The number of likely N-dealkylation sites (tertiary alicyclic amines) is 1. The van der Waals surface area contributed by atoms with E-state index in [0.29, 0.717) is 18.7 Å². The fourth-order valence-electron chi connectivity index (χ4n) is 2.88. The highest BCUT2D eigenvalue weighted by Gasteiger charge is 2.34. The summed E-state index contributed by atoms with van der Waals surface area (Å²) in [6.45, 7) is 4.02. The van der Waals surface area contributed by atoms with Crippen LogP contribution in [0.3, 0.4) is 0 Å². The quantitative estimate of drug-likeness (QED) is 0.939. The van der Waals surface area contributed by atoms with Gasteiger partial charge >= 0.3 is 0 Å². The summed E-state index contributed by atoms with van der Waals surface area (Å²) in [5, 5.41) is 4.16. The molecule has 22 heavy (non-hydrogen) atoms. The molecule has 0 unspecified atom stereocenters. The van der Waals surface area contributed by atoms with Gasteiger partial charge in [0.2, 0.25) is 0 Å². The number of aryl methyl sites for hydroxylation is 1. The summed E-state index contributed by atoms with van der Waals surface area (Å²) < 4.78 is 1.76. The maximum atomic E-state index is 12.5. The van der Waals surface area contributed by atoms with Crippen molar-refractivity contribution in [3.05, 3.63) is 53.9 Å². The summed E-state index contributed by atoms with van der Waals surface area (Å²) in [7, 11) is 0. The Morgan fingerprint density at radius 3 is 2.68 bits per heavy atom. The third kappa shape index (κ3) is 3.15. The predicted octanol–water partition coefficient (Wildman–Crippen LogP) is 1.89. The minimum Gasteiger partial charge on any atom is -0.336 e. The molecular weight excluding hydrogens is 300 g/mol. The SMILES string of the molecule is CCn1cc(C(=O)N2C[C@@H](N)[C@H](c3ccccc3)C2)cn1.Cl. The summed E-state index contributed by atoms with van der Waals surface area (Å²) >= 11 is 0. The Bertz CT molecular complexity index is 628. The van der Waals surface area contributed by atoms with Crippen LogP contribution in [0.1, 0.15) is 28.8 Å². The molecule has 6 heteroatoms. The van der Waals surface area contributed by atoms with E-state index in [2.05, 4.69) is 17.2 Å². The van der Waals surface area contributed by atoms with Gasteiger partial charge in [0, 0.05) is 37.8 Å². The van der Waals surface area contributed by atoms with E-state index in [1.165, 1.54) is 5.56 Å². The number of halogens is 1. The number of aromatic nitrogens is 2. The number of rotatable bonds is 3. The Kier molecular flexibility index (Phi) is 5.21. The van der Waals surface area contributed by atoms with Crippen LogP contribution in [0.25, 0.3) is 0 Å². The first-order valence-electron chi connectivity index (χ1n) is 7.31. The van der Waals surface area contributed by atoms with E-state index in [1.54, 1.807) is 17.1 Å². The van der Waals surface area contributed by atoms with E-state index >= 15 is 0 Å². The molecule has 1 saturated heterocycles. The average Bonchev–Trinajstić information content (AvgIpc) is 3.14. The van der Waals surface area contributed by atoms with E-state index in [1.807, 2.05) is 30.0 Å². The smallest absolute Gasteiger partial charge is 0.257 e. The monoisotopic (exact) mass is 320 g/mol. The Morgan fingerprint density at radius 1 is 1.32 bits per heavy atom. The van der Waals surface area contributed by atoms with E-state index < -0.39 is 0 Å². The van der Waals surface area contributed by atoms with Crippen molar-refractivity contribution in [2.24, 2.45) is 5.73 Å². The third-order valence-corrected chi connectivity index (χ3v) is 4.08. The van der Waals surface area contributed by atoms with Crippen LogP contribution in [0.5, 0.6) is 0 Å². The van der Waals surface area contributed by atoms with Crippen molar-refractivity contribution < 1.29 is 4.79 Å². The van der Waals surface area contributed by atoms with Crippen molar-refractivity contribution in [2.75, 3.05) is 13.1 Å². The zero-order valence-corrected chi connectivity index (χ0v) is 13.4. The van der Waals surface area contributed by atoms with E-state index in [9.17, 15) is 4.79 Å². The highest BCUT2D eigenvalue weighted by atomic mass is 35.5. The zero-order chi connectivity index (χ0) is 14.8. The standard InChI is InChI=1S/C16H20N4O.ClH/c1-2-20-9-13(8-18-20)16(21)19-10-14(15(17)11-19)12-6-4-3-5-7-12;/h3-9,14-15H,2,10-11,17H2,1H3;1H/t14-,15+;/m0./s1. The third-order valence-electron chi connectivity index (χ3n) is 4.08. The first-order valence-corrected chi connectivity index (χ1v) is 7.31. The molecule has 0 spiro atoms. The lowest BCUT2D eigenvalue weighted by molar-refractivity contribution is 0.0789. The Hall–Kier alpha value is -1.85. The molecule has 0 radical (unpaired) electrons. The summed E-state index contributed by atoms with van der Waals surface area (Å²) in [6, 6.07) is 10.2. The van der Waals surface area contributed by atoms with Crippen LogP contribution in [-0.2, 0) is 6.54 Å². The number of hydrogen-bond acceptors (Lipinski definition) is 3. The van der Waals surface area contributed by atoms with Crippen molar-refractivity contribution in [3.63, 3.8) is 0 Å². The van der Waals surface area contributed by atoms with E-state index in [-0.39, 0.29) is 30.3 Å². The lowest BCUT2D eigenvalue weighted by Crippen LogP contribution is -2.32. The van der Waals surface area contributed by atoms with E-state index in [0.717, 1.165) is 6.54 Å². The molecule has 3 rings (SSSR count). The maximum absolute atomic E-state index is 12.5. The highest BCUT2D eigenvalue weighted by Crippen LogP contribution is 2.27. The Balaban J connectivity index is 0.00000176. The molecule has 5 nitrogen and oxygen atoms in total. The molecule has 118 valence electrons. The predicted molar refractivity (Wildman–Crippen MR) is 88.2 cm³/mol. The van der Waals surface area contributed by atoms with Crippen molar-refractivity contribution in [1.29, 1.82) is 0 Å². The molecule has 1 fully saturated rings. The zero-order valence-electron chi connectivity index (χ0n) is 12.6. The molecule has 1 aromatic carbocycles. The van der Waals surface area contributed by atoms with Gasteiger partial charge < -0.3 is 10.6 Å². The molecular formula is C16H21ClN4O. The second-order valence-corrected chi connectivity index (χ2v) is 5.48. The van der Waals surface area contributed by atoms with Crippen LogP contribution in [0.2, 0.25) is 0 Å². The maximum Gasteiger partial charge on any atom is 0.257 e. The van der Waals surface area contributed by atoms with Gasteiger partial charge in [-0.1, -0.05) is 30.3 Å². The lowest BCUT2D eigenvalue weighted by atomic mass is 9.95. The number of nitrogens with two attached hydrogens (primary N) is 1. The van der Waals surface area contributed by atoms with Gasteiger partial charge in [-0.05, 0) is 12.5 Å². The van der Waals surface area contributed by atoms with Gasteiger partial charge in [0.15, 0.2) is 0 Å². The number of benzene rings is 1. The van der Waals surface area contributed by atoms with Gasteiger partial charge in [-0.15, -0.1) is 12.4 Å². The van der Waals surface area contributed by atoms with Crippen LogP contribution in [-0.4, -0.2) is 39.7 Å². The fourth-order valence-corrected chi connectivity index (χ4v) is 2.88. The molecule has 0 bridgehead atoms. The fraction of sp³-hybridized carbons (Fsp3) is 0.375. The summed E-state index contributed by atoms with van der Waals surface area (Å²) in [5.41, 5.74) is 8.07. The van der Waals surface area contributed by atoms with Crippen LogP contribution >= 0.6 is 12.4 Å². The van der Waals surface area contributed by atoms with Crippen molar-refractivity contribution >= 4 is 18.3 Å². The number of nitrogens with zero attached hydrogens (tertiary/aromatic N) is 3. The van der Waals surface area contributed by atoms with Gasteiger partial charge in [0.05, 0.1) is 11.8 Å². The van der Waals surface area contributed by atoms with Gasteiger partial charge in [-0.2, -0.15) is 5.10 Å². The Morgan fingerprint density at radius 2 is 2.05 bits per heavy atom. The molecule has 1 aliphatic heterocycles. The molecule has 2 atom stereocenters. The van der Waals surface area contributed by atoms with Gasteiger partial charge in [0.1, 0.15) is 0 Å². The minimum atomic E-state index is -0.0161. The topological polar surface area (TPSA) is 64.2 Å². The molecule has 1 aliphatic rings.